The molecule has 0 spiro atoms. The van der Waals surface area contributed by atoms with Crippen LogP contribution in [0, 0.1) is 12.7 Å². The Balaban J connectivity index is 0.000000257. The Morgan fingerprint density at radius 3 is 2.20 bits per heavy atom. The number of rotatable bonds is 2. The van der Waals surface area contributed by atoms with Crippen LogP contribution in [0.3, 0.4) is 0 Å². The smallest absolute Gasteiger partial charge is 0.315 e. The summed E-state index contributed by atoms with van der Waals surface area (Å²) in [6.07, 6.45) is -2.80. The predicted molar refractivity (Wildman–Crippen MR) is 92.9 cm³/mol. The van der Waals surface area contributed by atoms with E-state index in [0.29, 0.717) is 15.5 Å². The molecule has 9 heteroatoms. The first kappa shape index (κ1) is 21.5. The molecule has 0 aliphatic carbocycles. The van der Waals surface area contributed by atoms with Gasteiger partial charge in [-0.05, 0) is 31.7 Å². The molecule has 1 heterocycles. The van der Waals surface area contributed by atoms with Crippen LogP contribution in [0.25, 0.3) is 0 Å². The van der Waals surface area contributed by atoms with Crippen LogP contribution in [0.2, 0.25) is 5.02 Å². The van der Waals surface area contributed by atoms with Gasteiger partial charge in [0.25, 0.3) is 5.56 Å². The summed E-state index contributed by atoms with van der Waals surface area (Å²) < 4.78 is 51.3. The molecule has 2 rings (SSSR count). The van der Waals surface area contributed by atoms with Crippen molar-refractivity contribution >= 4 is 24.2 Å². The van der Waals surface area contributed by atoms with Gasteiger partial charge in [0.2, 0.25) is 0 Å². The number of aryl methyl sites for hydroxylation is 1. The fourth-order valence-corrected chi connectivity index (χ4v) is 2.34. The van der Waals surface area contributed by atoms with Crippen LogP contribution in [-0.4, -0.2) is 17.8 Å². The first-order chi connectivity index (χ1) is 11.5. The molecule has 1 aromatic carbocycles. The molecule has 0 saturated heterocycles. The van der Waals surface area contributed by atoms with E-state index in [-0.39, 0.29) is 5.56 Å². The van der Waals surface area contributed by atoms with Crippen molar-refractivity contribution in [1.82, 2.24) is 9.88 Å². The molecule has 3 nitrogen and oxygen atoms in total. The molecule has 0 aliphatic rings. The van der Waals surface area contributed by atoms with Crippen LogP contribution in [0.4, 0.5) is 17.6 Å². The van der Waals surface area contributed by atoms with Crippen molar-refractivity contribution in [2.45, 2.75) is 24.0 Å². The molecule has 0 radical (unpaired) electrons. The Morgan fingerprint density at radius 1 is 1.24 bits per heavy atom. The second-order valence-electron chi connectivity index (χ2n) is 5.18. The number of nitrogens with one attached hydrogen (secondary N) is 1. The van der Waals surface area contributed by atoms with Crippen LogP contribution < -0.4 is 10.9 Å². The summed E-state index contributed by atoms with van der Waals surface area (Å²) in [7, 11) is 2.76. The second-order valence-corrected chi connectivity index (χ2v) is 6.10. The van der Waals surface area contributed by atoms with Crippen molar-refractivity contribution < 1.29 is 17.6 Å². The van der Waals surface area contributed by atoms with E-state index >= 15 is 0 Å². The SMILES string of the molecule is CN[C@H](c1ccc(Cl)cc1)C(F)(F)F.Cc1c(S)cn(C)c(=O)c1F. The number of benzene rings is 1. The third-order valence-corrected chi connectivity index (χ3v) is 4.06. The van der Waals surface area contributed by atoms with Gasteiger partial charge in [0.15, 0.2) is 5.82 Å². The lowest BCUT2D eigenvalue weighted by Gasteiger charge is -2.19. The summed E-state index contributed by atoms with van der Waals surface area (Å²) in [5.74, 6) is -0.722. The zero-order valence-electron chi connectivity index (χ0n) is 13.7. The fraction of sp³-hybridized carbons (Fsp3) is 0.312. The summed E-state index contributed by atoms with van der Waals surface area (Å²) in [6.45, 7) is 1.53. The van der Waals surface area contributed by atoms with Gasteiger partial charge >= 0.3 is 6.18 Å². The molecule has 0 aliphatic heterocycles. The molecule has 0 amide bonds. The maximum absolute atomic E-state index is 12.9. The maximum atomic E-state index is 12.9. The average Bonchev–Trinajstić information content (AvgIpc) is 2.53. The Labute approximate surface area is 153 Å². The molecule has 1 N–H and O–H groups in total. The van der Waals surface area contributed by atoms with Crippen LogP contribution in [0.15, 0.2) is 40.2 Å². The first-order valence-electron chi connectivity index (χ1n) is 7.03. The van der Waals surface area contributed by atoms with Gasteiger partial charge in [0.05, 0.1) is 0 Å². The molecule has 0 fully saturated rings. The lowest BCUT2D eigenvalue weighted by molar-refractivity contribution is -0.156. The molecule has 1 aromatic heterocycles. The molecule has 0 bridgehead atoms. The largest absolute Gasteiger partial charge is 0.407 e. The zero-order valence-corrected chi connectivity index (χ0v) is 15.3. The van der Waals surface area contributed by atoms with Crippen molar-refractivity contribution in [3.05, 3.63) is 62.8 Å². The highest BCUT2D eigenvalue weighted by Gasteiger charge is 2.39. The minimum Gasteiger partial charge on any atom is -0.315 e. The van der Waals surface area contributed by atoms with Crippen LogP contribution in [0.5, 0.6) is 0 Å². The molecule has 2 aromatic rings. The van der Waals surface area contributed by atoms with Crippen LogP contribution >= 0.6 is 24.2 Å². The molecular weight excluding hydrogens is 380 g/mol. The van der Waals surface area contributed by atoms with Crippen molar-refractivity contribution in [1.29, 1.82) is 0 Å². The normalized spacial score (nSPS) is 12.4. The molecule has 25 heavy (non-hydrogen) atoms. The maximum Gasteiger partial charge on any atom is 0.407 e. The van der Waals surface area contributed by atoms with Gasteiger partial charge in [0.1, 0.15) is 6.04 Å². The van der Waals surface area contributed by atoms with Crippen molar-refractivity contribution in [2.75, 3.05) is 7.05 Å². The standard InChI is InChI=1S/C9H9ClF3N.C7H8FNOS/c1-14-8(9(11,12)13)6-2-4-7(10)5-3-6;1-4-5(11)3-9(2)7(10)6(4)8/h2-5,8,14H,1H3;3,11H,1-2H3/t8-;/m1./s1. The predicted octanol–water partition coefficient (Wildman–Crippen LogP) is 4.28. The lowest BCUT2D eigenvalue weighted by atomic mass is 10.1. The van der Waals surface area contributed by atoms with Gasteiger partial charge < -0.3 is 9.88 Å². The molecule has 1 atom stereocenters. The van der Waals surface area contributed by atoms with E-state index < -0.39 is 23.6 Å². The van der Waals surface area contributed by atoms with Gasteiger partial charge in [-0.2, -0.15) is 13.2 Å². The minimum atomic E-state index is -4.29. The third kappa shape index (κ3) is 5.76. The number of alkyl halides is 3. The van der Waals surface area contributed by atoms with E-state index in [4.69, 9.17) is 11.6 Å². The summed E-state index contributed by atoms with van der Waals surface area (Å²) in [5, 5.41) is 2.63. The summed E-state index contributed by atoms with van der Waals surface area (Å²) in [4.78, 5) is 11.4. The van der Waals surface area contributed by atoms with Crippen molar-refractivity contribution in [3.8, 4) is 0 Å². The van der Waals surface area contributed by atoms with E-state index in [1.807, 2.05) is 0 Å². The highest BCUT2D eigenvalue weighted by molar-refractivity contribution is 7.80. The Bertz CT molecular complexity index is 775. The van der Waals surface area contributed by atoms with Gasteiger partial charge in [-0.25, -0.2) is 4.39 Å². The van der Waals surface area contributed by atoms with E-state index in [2.05, 4.69) is 17.9 Å². The number of aromatic nitrogens is 1. The number of nitrogens with zero attached hydrogens (tertiary/aromatic N) is 1. The topological polar surface area (TPSA) is 34.0 Å². The monoisotopic (exact) mass is 396 g/mol. The lowest BCUT2D eigenvalue weighted by Crippen LogP contribution is -2.31. The fourth-order valence-electron chi connectivity index (χ4n) is 1.94. The quantitative estimate of drug-likeness (QED) is 0.586. The minimum absolute atomic E-state index is 0.157. The van der Waals surface area contributed by atoms with Gasteiger partial charge in [-0.3, -0.25) is 4.79 Å². The summed E-state index contributed by atoms with van der Waals surface area (Å²) in [5.41, 5.74) is -0.152. The number of pyridine rings is 1. The zero-order chi connectivity index (χ0) is 19.4. The summed E-state index contributed by atoms with van der Waals surface area (Å²) >= 11 is 9.56. The number of halogens is 5. The number of hydrogen-bond acceptors (Lipinski definition) is 3. The van der Waals surface area contributed by atoms with E-state index in [9.17, 15) is 22.4 Å². The second kappa shape index (κ2) is 8.73. The van der Waals surface area contributed by atoms with Gasteiger partial charge in [0, 0.05) is 28.7 Å². The van der Waals surface area contributed by atoms with Crippen molar-refractivity contribution in [2.24, 2.45) is 7.05 Å². The number of hydrogen-bond donors (Lipinski definition) is 2. The first-order valence-corrected chi connectivity index (χ1v) is 7.85. The molecular formula is C16H17ClF4N2OS. The van der Waals surface area contributed by atoms with Crippen molar-refractivity contribution in [3.63, 3.8) is 0 Å². The molecule has 0 saturated carbocycles. The highest BCUT2D eigenvalue weighted by Crippen LogP contribution is 2.32. The van der Waals surface area contributed by atoms with E-state index in [1.54, 1.807) is 0 Å². The molecule has 0 unspecified atom stereocenters. The van der Waals surface area contributed by atoms with Gasteiger partial charge in [-0.1, -0.05) is 23.7 Å². The van der Waals surface area contributed by atoms with Gasteiger partial charge in [-0.15, -0.1) is 12.6 Å². The Hall–Kier alpha value is -1.51. The summed E-state index contributed by atoms with van der Waals surface area (Å²) in [6, 6.07) is 3.95. The Morgan fingerprint density at radius 2 is 1.76 bits per heavy atom. The van der Waals surface area contributed by atoms with E-state index in [0.717, 1.165) is 0 Å². The Kier molecular flexibility index (Phi) is 7.52. The average molecular weight is 397 g/mol. The third-order valence-electron chi connectivity index (χ3n) is 3.36. The molecule has 138 valence electrons. The highest BCUT2D eigenvalue weighted by atomic mass is 35.5. The van der Waals surface area contributed by atoms with Crippen LogP contribution in [-0.2, 0) is 7.05 Å². The number of thiol groups is 1. The van der Waals surface area contributed by atoms with Crippen LogP contribution in [0.1, 0.15) is 17.2 Å². The van der Waals surface area contributed by atoms with E-state index in [1.165, 1.54) is 56.0 Å².